The molecule has 0 fully saturated rings. The predicted octanol–water partition coefficient (Wildman–Crippen LogP) is 4.22. The highest BCUT2D eigenvalue weighted by molar-refractivity contribution is 5.77. The van der Waals surface area contributed by atoms with Crippen LogP contribution >= 0.6 is 0 Å². The minimum Gasteiger partial charge on any atom is -0.484 e. The van der Waals surface area contributed by atoms with E-state index < -0.39 is 0 Å². The summed E-state index contributed by atoms with van der Waals surface area (Å²) in [5.74, 6) is 2.52. The molecule has 7 heteroatoms. The van der Waals surface area contributed by atoms with E-state index in [1.165, 1.54) is 0 Å². The monoisotopic (exact) mass is 401 g/mol. The Bertz CT molecular complexity index is 1080. The molecule has 0 saturated carbocycles. The van der Waals surface area contributed by atoms with Crippen LogP contribution < -0.4 is 14.8 Å². The van der Waals surface area contributed by atoms with Crippen LogP contribution in [-0.2, 0) is 11.3 Å². The molecule has 3 aromatic carbocycles. The minimum atomic E-state index is -0.286. The summed E-state index contributed by atoms with van der Waals surface area (Å²) in [6.45, 7) is 0.0324. The number of aromatic nitrogens is 2. The van der Waals surface area contributed by atoms with Crippen LogP contribution in [0.3, 0.4) is 0 Å². The van der Waals surface area contributed by atoms with Crippen LogP contribution in [0, 0.1) is 0 Å². The molecule has 4 aromatic rings. The summed E-state index contributed by atoms with van der Waals surface area (Å²) in [5, 5.41) is 6.58. The SMILES string of the molecule is O=C(COc1ccc(Oc2ccccc2)cc1)NCc1noc(-c2ccccc2)n1. The maximum Gasteiger partial charge on any atom is 0.258 e. The molecule has 4 rings (SSSR count). The van der Waals surface area contributed by atoms with Crippen LogP contribution in [0.1, 0.15) is 5.82 Å². The first-order valence-electron chi connectivity index (χ1n) is 9.37. The number of hydrogen-bond acceptors (Lipinski definition) is 6. The fourth-order valence-electron chi connectivity index (χ4n) is 2.63. The van der Waals surface area contributed by atoms with E-state index in [1.807, 2.05) is 60.7 Å². The van der Waals surface area contributed by atoms with Crippen molar-refractivity contribution in [1.29, 1.82) is 0 Å². The summed E-state index contributed by atoms with van der Waals surface area (Å²) in [6.07, 6.45) is 0. The lowest BCUT2D eigenvalue weighted by Gasteiger charge is -2.08. The van der Waals surface area contributed by atoms with Crippen LogP contribution in [0.5, 0.6) is 17.2 Å². The number of carbonyl (C=O) groups is 1. The topological polar surface area (TPSA) is 86.5 Å². The number of rotatable bonds is 8. The average molecular weight is 401 g/mol. The molecule has 1 heterocycles. The summed E-state index contributed by atoms with van der Waals surface area (Å²) >= 11 is 0. The number of nitrogens with one attached hydrogen (secondary N) is 1. The summed E-state index contributed by atoms with van der Waals surface area (Å²) in [7, 11) is 0. The van der Waals surface area contributed by atoms with Gasteiger partial charge >= 0.3 is 0 Å². The quantitative estimate of drug-likeness (QED) is 0.476. The van der Waals surface area contributed by atoms with Crippen molar-refractivity contribution in [2.45, 2.75) is 6.54 Å². The van der Waals surface area contributed by atoms with Crippen molar-refractivity contribution < 1.29 is 18.8 Å². The van der Waals surface area contributed by atoms with Crippen molar-refractivity contribution in [1.82, 2.24) is 15.5 Å². The Balaban J connectivity index is 1.23. The third kappa shape index (κ3) is 5.23. The van der Waals surface area contributed by atoms with Gasteiger partial charge in [0.05, 0.1) is 6.54 Å². The normalized spacial score (nSPS) is 10.4. The van der Waals surface area contributed by atoms with Gasteiger partial charge in [-0.1, -0.05) is 41.6 Å². The Morgan fingerprint density at radius 2 is 1.47 bits per heavy atom. The van der Waals surface area contributed by atoms with E-state index in [-0.39, 0.29) is 19.1 Å². The zero-order valence-corrected chi connectivity index (χ0v) is 16.0. The van der Waals surface area contributed by atoms with Crippen molar-refractivity contribution in [3.63, 3.8) is 0 Å². The Kier molecular flexibility index (Phi) is 6.00. The van der Waals surface area contributed by atoms with Gasteiger partial charge in [0, 0.05) is 5.56 Å². The van der Waals surface area contributed by atoms with Crippen LogP contribution in [0.4, 0.5) is 0 Å². The Morgan fingerprint density at radius 1 is 0.833 bits per heavy atom. The van der Waals surface area contributed by atoms with Gasteiger partial charge in [0.1, 0.15) is 17.2 Å². The van der Waals surface area contributed by atoms with Gasteiger partial charge < -0.3 is 19.3 Å². The van der Waals surface area contributed by atoms with Crippen LogP contribution in [0.15, 0.2) is 89.5 Å². The van der Waals surface area contributed by atoms with Crippen molar-refractivity contribution >= 4 is 5.91 Å². The molecule has 0 radical (unpaired) electrons. The van der Waals surface area contributed by atoms with E-state index in [4.69, 9.17) is 14.0 Å². The summed E-state index contributed by atoms with van der Waals surface area (Å²) < 4.78 is 16.4. The van der Waals surface area contributed by atoms with Crippen molar-refractivity contribution in [2.75, 3.05) is 6.61 Å². The molecule has 1 N–H and O–H groups in total. The number of hydrogen-bond donors (Lipinski definition) is 1. The molecule has 0 aliphatic heterocycles. The van der Waals surface area contributed by atoms with Gasteiger partial charge in [-0.05, 0) is 48.5 Å². The van der Waals surface area contributed by atoms with E-state index in [2.05, 4.69) is 15.5 Å². The van der Waals surface area contributed by atoms with Crippen molar-refractivity contribution in [2.24, 2.45) is 0 Å². The minimum absolute atomic E-state index is 0.123. The van der Waals surface area contributed by atoms with E-state index in [9.17, 15) is 4.79 Å². The smallest absolute Gasteiger partial charge is 0.258 e. The highest BCUT2D eigenvalue weighted by atomic mass is 16.5. The number of carbonyl (C=O) groups excluding carboxylic acids is 1. The molecule has 1 amide bonds. The third-order valence-corrected chi connectivity index (χ3v) is 4.11. The maximum atomic E-state index is 12.0. The molecule has 0 saturated heterocycles. The van der Waals surface area contributed by atoms with E-state index in [1.54, 1.807) is 24.3 Å². The highest BCUT2D eigenvalue weighted by Gasteiger charge is 2.10. The molecule has 0 spiro atoms. The van der Waals surface area contributed by atoms with Gasteiger partial charge in [-0.2, -0.15) is 4.98 Å². The lowest BCUT2D eigenvalue weighted by atomic mass is 10.2. The second-order valence-electron chi connectivity index (χ2n) is 6.33. The summed E-state index contributed by atoms with van der Waals surface area (Å²) in [6, 6.07) is 26.0. The maximum absolute atomic E-state index is 12.0. The fourth-order valence-corrected chi connectivity index (χ4v) is 2.63. The van der Waals surface area contributed by atoms with Gasteiger partial charge in [0.25, 0.3) is 11.8 Å². The first-order valence-corrected chi connectivity index (χ1v) is 9.37. The van der Waals surface area contributed by atoms with Crippen molar-refractivity contribution in [3.05, 3.63) is 90.8 Å². The Hall–Kier alpha value is -4.13. The molecule has 0 atom stereocenters. The summed E-state index contributed by atoms with van der Waals surface area (Å²) in [4.78, 5) is 16.3. The van der Waals surface area contributed by atoms with Gasteiger partial charge in [-0.15, -0.1) is 0 Å². The van der Waals surface area contributed by atoms with Gasteiger partial charge in [0.15, 0.2) is 12.4 Å². The first kappa shape index (κ1) is 19.2. The average Bonchev–Trinajstić information content (AvgIpc) is 3.28. The number of benzene rings is 3. The molecule has 0 aliphatic carbocycles. The standard InChI is InChI=1S/C23H19N3O4/c27-22(24-15-21-25-23(30-26-21)17-7-3-1-4-8-17)16-28-18-11-13-20(14-12-18)29-19-9-5-2-6-10-19/h1-14H,15-16H2,(H,24,27). The van der Waals surface area contributed by atoms with Crippen molar-refractivity contribution in [3.8, 4) is 28.7 Å². The fraction of sp³-hybridized carbons (Fsp3) is 0.0870. The lowest BCUT2D eigenvalue weighted by Crippen LogP contribution is -2.28. The molecule has 1 aromatic heterocycles. The van der Waals surface area contributed by atoms with Gasteiger partial charge in [-0.3, -0.25) is 4.79 Å². The zero-order valence-electron chi connectivity index (χ0n) is 16.0. The number of ether oxygens (including phenoxy) is 2. The molecule has 7 nitrogen and oxygen atoms in total. The zero-order chi connectivity index (χ0) is 20.6. The second kappa shape index (κ2) is 9.38. The molecule has 0 aliphatic rings. The van der Waals surface area contributed by atoms with E-state index in [0.717, 1.165) is 11.3 Å². The molecular weight excluding hydrogens is 382 g/mol. The van der Waals surface area contributed by atoms with E-state index in [0.29, 0.717) is 23.2 Å². The number of para-hydroxylation sites is 1. The number of amides is 1. The number of nitrogens with zero attached hydrogens (tertiary/aromatic N) is 2. The highest BCUT2D eigenvalue weighted by Crippen LogP contribution is 2.23. The second-order valence-corrected chi connectivity index (χ2v) is 6.33. The predicted molar refractivity (Wildman–Crippen MR) is 110 cm³/mol. The van der Waals surface area contributed by atoms with E-state index >= 15 is 0 Å². The Morgan fingerprint density at radius 3 is 2.20 bits per heavy atom. The Labute approximate surface area is 173 Å². The largest absolute Gasteiger partial charge is 0.484 e. The van der Waals surface area contributed by atoms with Gasteiger partial charge in [-0.25, -0.2) is 0 Å². The molecule has 0 unspecified atom stereocenters. The summed E-state index contributed by atoms with van der Waals surface area (Å²) in [5.41, 5.74) is 0.825. The van der Waals surface area contributed by atoms with Crippen LogP contribution in [0.25, 0.3) is 11.5 Å². The van der Waals surface area contributed by atoms with Gasteiger partial charge in [0.2, 0.25) is 0 Å². The van der Waals surface area contributed by atoms with Crippen LogP contribution in [-0.4, -0.2) is 22.7 Å². The van der Waals surface area contributed by atoms with Crippen LogP contribution in [0.2, 0.25) is 0 Å². The lowest BCUT2D eigenvalue weighted by molar-refractivity contribution is -0.123. The molecule has 30 heavy (non-hydrogen) atoms. The first-order chi connectivity index (χ1) is 14.8. The molecule has 150 valence electrons. The third-order valence-electron chi connectivity index (χ3n) is 4.11. The molecular formula is C23H19N3O4. The molecule has 0 bridgehead atoms.